The molecule has 0 unspecified atom stereocenters. The zero-order valence-corrected chi connectivity index (χ0v) is 17.3. The third kappa shape index (κ3) is 5.28. The number of piperidine rings is 1. The lowest BCUT2D eigenvalue weighted by Gasteiger charge is -2.34. The van der Waals surface area contributed by atoms with Crippen molar-refractivity contribution in [3.63, 3.8) is 0 Å². The fourth-order valence-electron chi connectivity index (χ4n) is 3.89. The number of anilines is 1. The fraction of sp³-hybridized carbons (Fsp3) is 0.458. The monoisotopic (exact) mass is 380 g/mol. The molecule has 0 bridgehead atoms. The average Bonchev–Trinajstić information content (AvgIpc) is 2.72. The van der Waals surface area contributed by atoms with Crippen molar-refractivity contribution in [1.29, 1.82) is 0 Å². The molecule has 0 spiro atoms. The summed E-state index contributed by atoms with van der Waals surface area (Å²) >= 11 is 0. The minimum absolute atomic E-state index is 0.00334. The summed E-state index contributed by atoms with van der Waals surface area (Å²) in [4.78, 5) is 13.7. The van der Waals surface area contributed by atoms with Crippen molar-refractivity contribution < 1.29 is 9.53 Å². The maximum Gasteiger partial charge on any atom is 0.217 e. The molecule has 1 N–H and O–H groups in total. The number of hydrogen-bond donors (Lipinski definition) is 1. The van der Waals surface area contributed by atoms with Crippen molar-refractivity contribution in [1.82, 2.24) is 5.32 Å². The van der Waals surface area contributed by atoms with Crippen molar-refractivity contribution in [2.75, 3.05) is 24.6 Å². The van der Waals surface area contributed by atoms with E-state index in [0.717, 1.165) is 37.4 Å². The lowest BCUT2D eigenvalue weighted by molar-refractivity contribution is -0.119. The van der Waals surface area contributed by atoms with Gasteiger partial charge in [-0.3, -0.25) is 4.79 Å². The van der Waals surface area contributed by atoms with Gasteiger partial charge in [0.05, 0.1) is 12.6 Å². The summed E-state index contributed by atoms with van der Waals surface area (Å²) in [5.74, 6) is 1.59. The van der Waals surface area contributed by atoms with E-state index in [1.807, 2.05) is 6.92 Å². The molecule has 4 nitrogen and oxygen atoms in total. The van der Waals surface area contributed by atoms with Crippen LogP contribution in [0.25, 0.3) is 0 Å². The number of hydrogen-bond acceptors (Lipinski definition) is 3. The minimum Gasteiger partial charge on any atom is -0.494 e. The highest BCUT2D eigenvalue weighted by Crippen LogP contribution is 2.31. The Morgan fingerprint density at radius 2 is 1.75 bits per heavy atom. The van der Waals surface area contributed by atoms with Gasteiger partial charge >= 0.3 is 0 Å². The lowest BCUT2D eigenvalue weighted by Crippen LogP contribution is -2.32. The van der Waals surface area contributed by atoms with Crippen LogP contribution >= 0.6 is 0 Å². The second-order valence-electron chi connectivity index (χ2n) is 7.69. The second kappa shape index (κ2) is 9.63. The Kier molecular flexibility index (Phi) is 6.96. The first-order valence-corrected chi connectivity index (χ1v) is 10.4. The third-order valence-corrected chi connectivity index (χ3v) is 5.50. The van der Waals surface area contributed by atoms with Crippen LogP contribution in [0.1, 0.15) is 63.1 Å². The van der Waals surface area contributed by atoms with E-state index in [2.05, 4.69) is 65.7 Å². The average molecular weight is 381 g/mol. The van der Waals surface area contributed by atoms with Gasteiger partial charge in [-0.15, -0.1) is 0 Å². The topological polar surface area (TPSA) is 41.6 Å². The zero-order chi connectivity index (χ0) is 19.9. The largest absolute Gasteiger partial charge is 0.494 e. The molecule has 4 heteroatoms. The summed E-state index contributed by atoms with van der Waals surface area (Å²) < 4.78 is 5.69. The van der Waals surface area contributed by atoms with E-state index >= 15 is 0 Å². The van der Waals surface area contributed by atoms with Crippen LogP contribution in [0.15, 0.2) is 48.5 Å². The molecule has 28 heavy (non-hydrogen) atoms. The van der Waals surface area contributed by atoms with Crippen LogP contribution in [-0.2, 0) is 4.79 Å². The van der Waals surface area contributed by atoms with Crippen LogP contribution in [0.3, 0.4) is 0 Å². The van der Waals surface area contributed by atoms with E-state index in [0.29, 0.717) is 5.92 Å². The SMILES string of the molecule is CCCOc1ccc(C2CCN(c3ccc([C@H](C)NC(C)=O)cc3)CC2)cc1. The number of nitrogens with one attached hydrogen (secondary N) is 1. The first-order chi connectivity index (χ1) is 13.6. The molecule has 1 saturated heterocycles. The molecule has 1 aliphatic rings. The van der Waals surface area contributed by atoms with E-state index in [1.165, 1.54) is 24.1 Å². The molecule has 1 atom stereocenters. The van der Waals surface area contributed by atoms with E-state index in [1.54, 1.807) is 6.92 Å². The minimum atomic E-state index is 0.00334. The molecular weight excluding hydrogens is 348 g/mol. The van der Waals surface area contributed by atoms with Crippen molar-refractivity contribution in [2.24, 2.45) is 0 Å². The first-order valence-electron chi connectivity index (χ1n) is 10.4. The summed E-state index contributed by atoms with van der Waals surface area (Å²) in [5, 5.41) is 2.94. The molecule has 0 saturated carbocycles. The quantitative estimate of drug-likeness (QED) is 0.730. The Bertz CT molecular complexity index is 747. The van der Waals surface area contributed by atoms with Gasteiger partial charge < -0.3 is 15.0 Å². The number of rotatable bonds is 7. The van der Waals surface area contributed by atoms with Gasteiger partial charge in [0.15, 0.2) is 0 Å². The summed E-state index contributed by atoms with van der Waals surface area (Å²) in [6, 6.07) is 17.3. The highest BCUT2D eigenvalue weighted by molar-refractivity contribution is 5.73. The summed E-state index contributed by atoms with van der Waals surface area (Å²) in [6.07, 6.45) is 3.37. The van der Waals surface area contributed by atoms with Crippen molar-refractivity contribution in [3.05, 3.63) is 59.7 Å². The molecule has 0 aromatic heterocycles. The van der Waals surface area contributed by atoms with Gasteiger partial charge in [0.1, 0.15) is 5.75 Å². The molecule has 1 fully saturated rings. The molecule has 0 radical (unpaired) electrons. The van der Waals surface area contributed by atoms with Crippen LogP contribution in [0.4, 0.5) is 5.69 Å². The van der Waals surface area contributed by atoms with E-state index in [-0.39, 0.29) is 11.9 Å². The zero-order valence-electron chi connectivity index (χ0n) is 17.3. The smallest absolute Gasteiger partial charge is 0.217 e. The number of ether oxygens (including phenoxy) is 1. The van der Waals surface area contributed by atoms with E-state index < -0.39 is 0 Å². The molecular formula is C24H32N2O2. The highest BCUT2D eigenvalue weighted by Gasteiger charge is 2.21. The number of benzene rings is 2. The molecule has 1 amide bonds. The van der Waals surface area contributed by atoms with Gasteiger partial charge in [-0.25, -0.2) is 0 Å². The fourth-order valence-corrected chi connectivity index (χ4v) is 3.89. The molecule has 2 aromatic carbocycles. The first kappa shape index (κ1) is 20.2. The Morgan fingerprint density at radius 1 is 1.11 bits per heavy atom. The number of carbonyl (C=O) groups is 1. The van der Waals surface area contributed by atoms with Crippen LogP contribution in [0, 0.1) is 0 Å². The maximum atomic E-state index is 11.2. The van der Waals surface area contributed by atoms with E-state index in [4.69, 9.17) is 4.74 Å². The van der Waals surface area contributed by atoms with Crippen molar-refractivity contribution in [3.8, 4) is 5.75 Å². The Morgan fingerprint density at radius 3 is 2.32 bits per heavy atom. The van der Waals surface area contributed by atoms with Gasteiger partial charge in [0, 0.05) is 25.7 Å². The summed E-state index contributed by atoms with van der Waals surface area (Å²) in [6.45, 7) is 8.61. The summed E-state index contributed by atoms with van der Waals surface area (Å²) in [5.41, 5.74) is 3.82. The van der Waals surface area contributed by atoms with Crippen molar-refractivity contribution in [2.45, 2.75) is 52.0 Å². The van der Waals surface area contributed by atoms with Crippen LogP contribution in [0.2, 0.25) is 0 Å². The summed E-state index contributed by atoms with van der Waals surface area (Å²) in [7, 11) is 0. The number of nitrogens with zero attached hydrogens (tertiary/aromatic N) is 1. The second-order valence-corrected chi connectivity index (χ2v) is 7.69. The number of carbonyl (C=O) groups excluding carboxylic acids is 1. The van der Waals surface area contributed by atoms with Crippen LogP contribution in [0.5, 0.6) is 5.75 Å². The predicted molar refractivity (Wildman–Crippen MR) is 115 cm³/mol. The van der Waals surface area contributed by atoms with Gasteiger partial charge in [-0.05, 0) is 67.5 Å². The molecule has 1 aliphatic heterocycles. The predicted octanol–water partition coefficient (Wildman–Crippen LogP) is 5.06. The van der Waals surface area contributed by atoms with Crippen LogP contribution < -0.4 is 15.0 Å². The maximum absolute atomic E-state index is 11.2. The van der Waals surface area contributed by atoms with Gasteiger partial charge in [-0.1, -0.05) is 31.2 Å². The van der Waals surface area contributed by atoms with Crippen LogP contribution in [-0.4, -0.2) is 25.6 Å². The molecule has 1 heterocycles. The van der Waals surface area contributed by atoms with E-state index in [9.17, 15) is 4.79 Å². The third-order valence-electron chi connectivity index (χ3n) is 5.50. The molecule has 3 rings (SSSR count). The standard InChI is InChI=1S/C24H32N2O2/c1-4-17-28-24-11-7-21(8-12-24)22-13-15-26(16-14-22)23-9-5-20(6-10-23)18(2)25-19(3)27/h5-12,18,22H,4,13-17H2,1-3H3,(H,25,27)/t18-/m0/s1. The Labute approximate surface area is 168 Å². The van der Waals surface area contributed by atoms with Gasteiger partial charge in [-0.2, -0.15) is 0 Å². The molecule has 150 valence electrons. The Hall–Kier alpha value is -2.49. The van der Waals surface area contributed by atoms with Crippen molar-refractivity contribution >= 4 is 11.6 Å². The van der Waals surface area contributed by atoms with Gasteiger partial charge in [0.2, 0.25) is 5.91 Å². The number of amides is 1. The molecule has 2 aromatic rings. The lowest BCUT2D eigenvalue weighted by atomic mass is 9.89. The normalized spacial score (nSPS) is 15.9. The Balaban J connectivity index is 1.54. The molecule has 0 aliphatic carbocycles. The highest BCUT2D eigenvalue weighted by atomic mass is 16.5. The van der Waals surface area contributed by atoms with Gasteiger partial charge in [0.25, 0.3) is 0 Å².